The van der Waals surface area contributed by atoms with Gasteiger partial charge in [0.15, 0.2) is 6.23 Å². The number of benzene rings is 2. The topological polar surface area (TPSA) is 525 Å². The number of rotatable bonds is 46. The number of carboxylic acid groups (broad SMARTS) is 4. The van der Waals surface area contributed by atoms with Gasteiger partial charge >= 0.3 is 29.9 Å². The van der Waals surface area contributed by atoms with E-state index < -0.39 is 121 Å². The van der Waals surface area contributed by atoms with Crippen LogP contribution in [0, 0.1) is 3.57 Å². The summed E-state index contributed by atoms with van der Waals surface area (Å²) in [7, 11) is 0. The fraction of sp³-hybridized carbons (Fsp3) is 0.587. The third kappa shape index (κ3) is 38.3. The van der Waals surface area contributed by atoms with Crippen molar-refractivity contribution >= 4 is 134 Å². The van der Waals surface area contributed by atoms with Gasteiger partial charge < -0.3 is 84.7 Å². The van der Waals surface area contributed by atoms with Crippen molar-refractivity contribution in [2.45, 2.75) is 152 Å². The van der Waals surface area contributed by atoms with E-state index in [1.807, 2.05) is 22.6 Å². The molecule has 1 unspecified atom stereocenters. The summed E-state index contributed by atoms with van der Waals surface area (Å²) in [5.41, 5.74) is 17.8. The van der Waals surface area contributed by atoms with E-state index in [9.17, 15) is 87.5 Å². The van der Waals surface area contributed by atoms with Crippen molar-refractivity contribution in [1.29, 1.82) is 0 Å². The van der Waals surface area contributed by atoms with Gasteiger partial charge in [-0.2, -0.15) is 0 Å². The molecule has 34 nitrogen and oxygen atoms in total. The largest absolute Gasteiger partial charge is 0.507 e. The van der Waals surface area contributed by atoms with Gasteiger partial charge in [-0.05, 0) is 104 Å². The molecule has 18 N–H and O–H groups in total. The smallest absolute Gasteiger partial charge is 0.326 e. The number of carbonyl (C=O) groups excluding carboxylic acids is 10. The fourth-order valence-electron chi connectivity index (χ4n) is 10.6. The number of nitrogens with two attached hydrogens (primary N) is 3. The first-order valence-electron chi connectivity index (χ1n) is 32.4. The standard InChI is InChI=1S/C63H95IN14O20.Pb/c64-43-34-42(18-21-49(43)80)36-46(70-55(86)22-20-48(62(95)96)78-32-30-76(38-51(66)82)28-26-75(37-50(65)81)27-29-77(31-33-78)39-52(67)83)58(89)71-47(35-41-12-4-3-5-13-41)59(90)74-56(98-40-79)17-9-11-25-69-54(85)16-7-2-1-6-15-53(84)68-24-10-8-14-44(60(91)92)72-63(97)73-45(61(93)94)19-23-57(87)88;/h3-5,12-13,18,21,34,40,44-48,56,80H,1-2,6-11,14-17,19-20,22-33,35-39H2,(H2,65,81)(H2,66,82)(H2,67,83)(H,68,84)(H,69,85)(H,70,86)(H,71,89)(H,74,90)(H,87,88)(H,91,92)(H,93,94)(H,95,96)(H2,72,73,97);/t44-,45-,46+,47+,48?,56-;/m0./s1/i;1+5. The Balaban J connectivity index is 0.0000333. The van der Waals surface area contributed by atoms with E-state index in [4.69, 9.17) is 27.0 Å². The summed E-state index contributed by atoms with van der Waals surface area (Å²) in [6, 6.07) is 5.27. The van der Waals surface area contributed by atoms with Crippen molar-refractivity contribution < 1.29 is 97.4 Å². The number of phenolic OH excluding ortho intramolecular Hbond substituents is 1. The molecule has 36 heteroatoms. The van der Waals surface area contributed by atoms with E-state index >= 15 is 0 Å². The number of halogens is 1. The van der Waals surface area contributed by atoms with Gasteiger partial charge in [0.2, 0.25) is 47.3 Å². The summed E-state index contributed by atoms with van der Waals surface area (Å²) in [4.78, 5) is 182. The van der Waals surface area contributed by atoms with Gasteiger partial charge in [0.1, 0.15) is 36.0 Å². The minimum Gasteiger partial charge on any atom is -0.507 e. The molecule has 3 rings (SSSR count). The molecule has 1 saturated heterocycles. The molecule has 1 heterocycles. The molecule has 10 amide bonds. The van der Waals surface area contributed by atoms with E-state index in [2.05, 4.69) is 37.2 Å². The number of hydrogen-bond acceptors (Lipinski definition) is 20. The average molecular weight is 1710 g/mol. The van der Waals surface area contributed by atoms with Crippen molar-refractivity contribution in [3.63, 3.8) is 0 Å². The molecule has 6 atom stereocenters. The summed E-state index contributed by atoms with van der Waals surface area (Å²) in [5.74, 6) is -10.0. The molecule has 2 aromatic rings. The summed E-state index contributed by atoms with van der Waals surface area (Å²) in [6.07, 6.45) is 1.44. The van der Waals surface area contributed by atoms with Crippen LogP contribution in [0.2, 0.25) is 0 Å². The number of carbonyl (C=O) groups is 14. The van der Waals surface area contributed by atoms with Crippen LogP contribution in [0.15, 0.2) is 48.5 Å². The van der Waals surface area contributed by atoms with Gasteiger partial charge in [0, 0.05) is 138 Å². The van der Waals surface area contributed by atoms with E-state index in [0.29, 0.717) is 66.1 Å². The Morgan fingerprint density at radius 1 is 0.495 bits per heavy atom. The number of urea groups is 1. The second-order valence-corrected chi connectivity index (χ2v) is 24.8. The summed E-state index contributed by atoms with van der Waals surface area (Å²) < 4.78 is 5.68. The number of ether oxygens (including phenoxy) is 1. The number of carboxylic acids is 4. The van der Waals surface area contributed by atoms with Crippen molar-refractivity contribution in [1.82, 2.24) is 56.8 Å². The van der Waals surface area contributed by atoms with Crippen LogP contribution < -0.4 is 54.4 Å². The number of hydrogen-bond donors (Lipinski definition) is 15. The fourth-order valence-corrected chi connectivity index (χ4v) is 11.2. The Hall–Kier alpha value is -7.89. The molecule has 0 spiro atoms. The number of amides is 10. The van der Waals surface area contributed by atoms with E-state index in [0.717, 1.165) is 0 Å². The SMILES string of the molecule is NC(=O)CN1CCN(CC(N)=O)CCN(C(CCC(=O)N[C@H](Cc2ccc(O)c(I)c2)C(=O)N[C@H](Cc2ccccc2)C(=O)N[C@H](CCCCNC(=O)CCCCCCC(=O)NCCCC[C@H](NC(=O)N[C@@H](CCC(=O)O)C(=O)O)C(=O)O)OC=O)C(=O)O)CCN(CC(N)=O)CC1.[212Pb]. The average Bonchev–Trinajstić information content (AvgIpc) is 1.90. The molecule has 4 radical (unpaired) electrons. The number of aliphatic carboxylic acids is 4. The first-order chi connectivity index (χ1) is 46.6. The van der Waals surface area contributed by atoms with Gasteiger partial charge in [0.25, 0.3) is 6.47 Å². The Labute approximate surface area is 607 Å². The molecule has 2 aromatic carbocycles. The van der Waals surface area contributed by atoms with Crippen LogP contribution in [0.4, 0.5) is 4.79 Å². The van der Waals surface area contributed by atoms with Gasteiger partial charge in [-0.1, -0.05) is 49.2 Å². The molecule has 0 bridgehead atoms. The van der Waals surface area contributed by atoms with Crippen molar-refractivity contribution in [2.75, 3.05) is 85.1 Å². The minimum atomic E-state index is -1.53. The zero-order chi connectivity index (χ0) is 72.5. The molecule has 0 saturated carbocycles. The number of aromatic hydroxyl groups is 1. The van der Waals surface area contributed by atoms with Crippen LogP contribution >= 0.6 is 22.6 Å². The number of nitrogens with one attached hydrogen (secondary N) is 7. The molecular formula is C63H95IN14O20Pb. The maximum absolute atomic E-state index is 14.6. The molecular weight excluding hydrogens is 1610 g/mol. The second-order valence-electron chi connectivity index (χ2n) is 23.7. The van der Waals surface area contributed by atoms with E-state index in [1.165, 1.54) is 6.07 Å². The van der Waals surface area contributed by atoms with Crippen LogP contribution in [0.5, 0.6) is 5.75 Å². The van der Waals surface area contributed by atoms with Gasteiger partial charge in [-0.3, -0.25) is 72.3 Å². The molecule has 1 fully saturated rings. The van der Waals surface area contributed by atoms with Crippen molar-refractivity contribution in [3.05, 3.63) is 63.2 Å². The number of nitrogens with zero attached hydrogens (tertiary/aromatic N) is 4. The maximum atomic E-state index is 14.6. The molecule has 548 valence electrons. The van der Waals surface area contributed by atoms with E-state index in [-0.39, 0.29) is 181 Å². The first kappa shape index (κ1) is 87.2. The minimum absolute atomic E-state index is 0. The Morgan fingerprint density at radius 3 is 1.44 bits per heavy atom. The molecule has 1 aliphatic heterocycles. The monoisotopic (exact) mass is 1710 g/mol. The Bertz CT molecular complexity index is 2950. The van der Waals surface area contributed by atoms with Gasteiger partial charge in [0.05, 0.1) is 23.2 Å². The van der Waals surface area contributed by atoms with Crippen LogP contribution in [0.3, 0.4) is 0 Å². The third-order valence-electron chi connectivity index (χ3n) is 15.8. The number of primary amides is 3. The third-order valence-corrected chi connectivity index (χ3v) is 16.7. The first-order valence-corrected chi connectivity index (χ1v) is 33.5. The second kappa shape index (κ2) is 48.8. The molecule has 0 aliphatic carbocycles. The van der Waals surface area contributed by atoms with Crippen molar-refractivity contribution in [2.24, 2.45) is 17.2 Å². The van der Waals surface area contributed by atoms with Gasteiger partial charge in [-0.15, -0.1) is 0 Å². The van der Waals surface area contributed by atoms with Crippen LogP contribution in [-0.2, 0) is 79.9 Å². The zero-order valence-electron chi connectivity index (χ0n) is 55.3. The Kier molecular flexibility index (Phi) is 43.0. The number of phenols is 1. The summed E-state index contributed by atoms with van der Waals surface area (Å²) in [5, 5.41) is 66.5. The molecule has 0 aromatic heterocycles. The van der Waals surface area contributed by atoms with Crippen LogP contribution in [0.1, 0.15) is 114 Å². The van der Waals surface area contributed by atoms with Gasteiger partial charge in [-0.25, -0.2) is 14.4 Å². The summed E-state index contributed by atoms with van der Waals surface area (Å²) >= 11 is 1.90. The predicted molar refractivity (Wildman–Crippen MR) is 365 cm³/mol. The van der Waals surface area contributed by atoms with Crippen molar-refractivity contribution in [3.8, 4) is 5.75 Å². The quantitative estimate of drug-likeness (QED) is 0.0111. The number of unbranched alkanes of at least 4 members (excludes halogenated alkanes) is 5. The molecule has 1 aliphatic rings. The normalized spacial score (nSPS) is 15.1. The molecule has 99 heavy (non-hydrogen) atoms. The Morgan fingerprint density at radius 2 is 0.970 bits per heavy atom. The van der Waals surface area contributed by atoms with Crippen LogP contribution in [0.25, 0.3) is 0 Å². The zero-order valence-corrected chi connectivity index (χ0v) is 61.4. The summed E-state index contributed by atoms with van der Waals surface area (Å²) in [6.45, 7) is 1.62. The van der Waals surface area contributed by atoms with Crippen LogP contribution in [-0.4, -0.2) is 278 Å². The van der Waals surface area contributed by atoms with E-state index in [1.54, 1.807) is 62.1 Å². The predicted octanol–water partition coefficient (Wildman–Crippen LogP) is -2.12. The maximum Gasteiger partial charge on any atom is 0.326 e.